The van der Waals surface area contributed by atoms with Crippen molar-refractivity contribution in [3.63, 3.8) is 0 Å². The summed E-state index contributed by atoms with van der Waals surface area (Å²) in [5.74, 6) is -0.0677. The van der Waals surface area contributed by atoms with Crippen molar-refractivity contribution in [3.05, 3.63) is 90.3 Å². The summed E-state index contributed by atoms with van der Waals surface area (Å²) in [7, 11) is 3.52. The maximum absolute atomic E-state index is 13.1. The third-order valence-corrected chi connectivity index (χ3v) is 5.51. The van der Waals surface area contributed by atoms with Gasteiger partial charge in [-0.3, -0.25) is 9.59 Å². The van der Waals surface area contributed by atoms with E-state index < -0.39 is 0 Å². The van der Waals surface area contributed by atoms with Crippen molar-refractivity contribution in [1.29, 1.82) is 0 Å². The number of fused-ring (bicyclic) bond motifs is 1. The number of hydrogen-bond acceptors (Lipinski definition) is 4. The molecule has 2 heterocycles. The standard InChI is InChI=1S/C26H27N5O3/c1-30-17-20(22-6-3-4-7-24(22)30)16-23(26(33)28-12-5-14-31-15-13-27-18-31)29-25(32)19-8-10-21(34-2)11-9-19/h3-4,6-11,13,15-18H,5,12,14H2,1-2H3,(H,28,33)(H,29,32)/b23-16+. The molecule has 0 saturated carbocycles. The van der Waals surface area contributed by atoms with E-state index in [0.717, 1.165) is 29.4 Å². The summed E-state index contributed by atoms with van der Waals surface area (Å²) in [6.07, 6.45) is 9.73. The molecule has 34 heavy (non-hydrogen) atoms. The molecule has 8 heteroatoms. The lowest BCUT2D eigenvalue weighted by Crippen LogP contribution is -2.35. The molecule has 0 saturated heterocycles. The van der Waals surface area contributed by atoms with Crippen LogP contribution in [0.1, 0.15) is 22.3 Å². The number of benzene rings is 2. The molecule has 4 aromatic rings. The number of hydrogen-bond donors (Lipinski definition) is 2. The molecule has 2 amide bonds. The van der Waals surface area contributed by atoms with E-state index in [1.54, 1.807) is 50.0 Å². The Morgan fingerprint density at radius 2 is 1.91 bits per heavy atom. The number of aromatic nitrogens is 3. The maximum atomic E-state index is 13.1. The Kier molecular flexibility index (Phi) is 7.07. The summed E-state index contributed by atoms with van der Waals surface area (Å²) in [6.45, 7) is 1.20. The van der Waals surface area contributed by atoms with E-state index in [4.69, 9.17) is 4.74 Å². The number of imidazole rings is 1. The van der Waals surface area contributed by atoms with E-state index in [1.165, 1.54) is 0 Å². The second kappa shape index (κ2) is 10.5. The highest BCUT2D eigenvalue weighted by atomic mass is 16.5. The molecule has 8 nitrogen and oxygen atoms in total. The lowest BCUT2D eigenvalue weighted by Gasteiger charge is -2.12. The third kappa shape index (κ3) is 5.35. The quantitative estimate of drug-likeness (QED) is 0.298. The topological polar surface area (TPSA) is 90.2 Å². The van der Waals surface area contributed by atoms with Gasteiger partial charge in [0.05, 0.1) is 13.4 Å². The summed E-state index contributed by atoms with van der Waals surface area (Å²) in [5, 5.41) is 6.70. The minimum atomic E-state index is -0.372. The predicted molar refractivity (Wildman–Crippen MR) is 131 cm³/mol. The van der Waals surface area contributed by atoms with Gasteiger partial charge in [0.2, 0.25) is 0 Å². The lowest BCUT2D eigenvalue weighted by atomic mass is 10.1. The van der Waals surface area contributed by atoms with Gasteiger partial charge in [0.25, 0.3) is 11.8 Å². The molecular formula is C26H27N5O3. The molecule has 0 aliphatic rings. The zero-order valence-corrected chi connectivity index (χ0v) is 19.2. The van der Waals surface area contributed by atoms with Crippen molar-refractivity contribution in [1.82, 2.24) is 24.8 Å². The van der Waals surface area contributed by atoms with E-state index in [0.29, 0.717) is 17.9 Å². The van der Waals surface area contributed by atoms with Gasteiger partial charge in [-0.05, 0) is 42.8 Å². The van der Waals surface area contributed by atoms with E-state index >= 15 is 0 Å². The Morgan fingerprint density at radius 3 is 2.65 bits per heavy atom. The number of rotatable bonds is 9. The first-order chi connectivity index (χ1) is 16.5. The number of carbonyl (C=O) groups is 2. The van der Waals surface area contributed by atoms with E-state index in [1.807, 2.05) is 52.8 Å². The molecule has 2 N–H and O–H groups in total. The van der Waals surface area contributed by atoms with Crippen LogP contribution in [0.3, 0.4) is 0 Å². The average Bonchev–Trinajstić information content (AvgIpc) is 3.49. The molecule has 0 atom stereocenters. The molecule has 0 radical (unpaired) electrons. The number of nitrogens with one attached hydrogen (secondary N) is 2. The second-order valence-electron chi connectivity index (χ2n) is 7.86. The Morgan fingerprint density at radius 1 is 1.12 bits per heavy atom. The molecule has 0 fully saturated rings. The third-order valence-electron chi connectivity index (χ3n) is 5.51. The van der Waals surface area contributed by atoms with Gasteiger partial charge in [0, 0.05) is 60.8 Å². The molecule has 2 aromatic carbocycles. The van der Waals surface area contributed by atoms with Crippen molar-refractivity contribution in [2.45, 2.75) is 13.0 Å². The monoisotopic (exact) mass is 457 g/mol. The SMILES string of the molecule is COc1ccc(C(=O)N/C(=C/c2cn(C)c3ccccc23)C(=O)NCCCn2ccnc2)cc1. The van der Waals surface area contributed by atoms with Crippen LogP contribution in [0.4, 0.5) is 0 Å². The van der Waals surface area contributed by atoms with Crippen molar-refractivity contribution in [2.75, 3.05) is 13.7 Å². The van der Waals surface area contributed by atoms with E-state index in [2.05, 4.69) is 15.6 Å². The van der Waals surface area contributed by atoms with Gasteiger partial charge in [-0.15, -0.1) is 0 Å². The highest BCUT2D eigenvalue weighted by molar-refractivity contribution is 6.06. The van der Waals surface area contributed by atoms with Crippen molar-refractivity contribution in [3.8, 4) is 5.75 Å². The zero-order chi connectivity index (χ0) is 23.9. The molecule has 0 aliphatic heterocycles. The van der Waals surface area contributed by atoms with Crippen LogP contribution in [0.15, 0.2) is 79.1 Å². The minimum absolute atomic E-state index is 0.180. The largest absolute Gasteiger partial charge is 0.497 e. The minimum Gasteiger partial charge on any atom is -0.497 e. The number of methoxy groups -OCH3 is 1. The Hall–Kier alpha value is -4.33. The van der Waals surface area contributed by atoms with Gasteiger partial charge < -0.3 is 24.5 Å². The van der Waals surface area contributed by atoms with Gasteiger partial charge in [-0.1, -0.05) is 18.2 Å². The fourth-order valence-electron chi connectivity index (χ4n) is 3.72. The van der Waals surface area contributed by atoms with E-state index in [-0.39, 0.29) is 17.5 Å². The van der Waals surface area contributed by atoms with Crippen LogP contribution in [-0.2, 0) is 18.4 Å². The number of ether oxygens (including phenoxy) is 1. The van der Waals surface area contributed by atoms with Crippen LogP contribution in [0, 0.1) is 0 Å². The molecule has 0 aliphatic carbocycles. The van der Waals surface area contributed by atoms with Crippen LogP contribution in [0.25, 0.3) is 17.0 Å². The Labute approximate surface area is 197 Å². The summed E-state index contributed by atoms with van der Waals surface area (Å²) < 4.78 is 9.10. The van der Waals surface area contributed by atoms with Gasteiger partial charge in [-0.2, -0.15) is 0 Å². The number of para-hydroxylation sites is 1. The van der Waals surface area contributed by atoms with Crippen LogP contribution in [-0.4, -0.2) is 39.6 Å². The summed E-state index contributed by atoms with van der Waals surface area (Å²) in [6, 6.07) is 14.7. The fourth-order valence-corrected chi connectivity index (χ4v) is 3.72. The normalized spacial score (nSPS) is 11.4. The number of aryl methyl sites for hydroxylation is 2. The first-order valence-corrected chi connectivity index (χ1v) is 11.0. The first kappa shape index (κ1) is 22.8. The summed E-state index contributed by atoms with van der Waals surface area (Å²) in [5.41, 5.74) is 2.49. The molecule has 4 rings (SSSR count). The highest BCUT2D eigenvalue weighted by Gasteiger charge is 2.16. The lowest BCUT2D eigenvalue weighted by molar-refractivity contribution is -0.117. The van der Waals surface area contributed by atoms with Crippen LogP contribution >= 0.6 is 0 Å². The first-order valence-electron chi connectivity index (χ1n) is 11.0. The second-order valence-corrected chi connectivity index (χ2v) is 7.86. The maximum Gasteiger partial charge on any atom is 0.267 e. The summed E-state index contributed by atoms with van der Waals surface area (Å²) >= 11 is 0. The number of nitrogens with zero attached hydrogens (tertiary/aromatic N) is 3. The average molecular weight is 458 g/mol. The highest BCUT2D eigenvalue weighted by Crippen LogP contribution is 2.22. The molecule has 174 valence electrons. The van der Waals surface area contributed by atoms with Crippen LogP contribution in [0.2, 0.25) is 0 Å². The fraction of sp³-hybridized carbons (Fsp3) is 0.192. The van der Waals surface area contributed by atoms with Gasteiger partial charge >= 0.3 is 0 Å². The molecule has 2 aromatic heterocycles. The Bertz CT molecular complexity index is 1300. The van der Waals surface area contributed by atoms with E-state index in [9.17, 15) is 9.59 Å². The number of amides is 2. The van der Waals surface area contributed by atoms with Crippen molar-refractivity contribution in [2.24, 2.45) is 7.05 Å². The molecule has 0 spiro atoms. The van der Waals surface area contributed by atoms with Gasteiger partial charge in [-0.25, -0.2) is 4.98 Å². The molecule has 0 bridgehead atoms. The van der Waals surface area contributed by atoms with Gasteiger partial charge in [0.15, 0.2) is 0 Å². The Balaban J connectivity index is 1.55. The summed E-state index contributed by atoms with van der Waals surface area (Å²) in [4.78, 5) is 30.0. The molecular weight excluding hydrogens is 430 g/mol. The van der Waals surface area contributed by atoms with Crippen molar-refractivity contribution < 1.29 is 14.3 Å². The predicted octanol–water partition coefficient (Wildman–Crippen LogP) is 3.36. The number of carbonyl (C=O) groups excluding carboxylic acids is 2. The smallest absolute Gasteiger partial charge is 0.267 e. The van der Waals surface area contributed by atoms with Gasteiger partial charge in [0.1, 0.15) is 11.4 Å². The van der Waals surface area contributed by atoms with Crippen molar-refractivity contribution >= 4 is 28.8 Å². The molecule has 0 unspecified atom stereocenters. The van der Waals surface area contributed by atoms with Crippen LogP contribution in [0.5, 0.6) is 5.75 Å². The zero-order valence-electron chi connectivity index (χ0n) is 19.2. The van der Waals surface area contributed by atoms with Crippen LogP contribution < -0.4 is 15.4 Å².